The molecule has 1 saturated carbocycles. The van der Waals surface area contributed by atoms with Gasteiger partial charge in [0.1, 0.15) is 5.82 Å². The second kappa shape index (κ2) is 7.03. The molecule has 1 aliphatic rings. The van der Waals surface area contributed by atoms with Crippen molar-refractivity contribution in [2.24, 2.45) is 0 Å². The van der Waals surface area contributed by atoms with Gasteiger partial charge in [-0.1, -0.05) is 0 Å². The number of benzene rings is 1. The lowest BCUT2D eigenvalue weighted by Crippen LogP contribution is -2.38. The van der Waals surface area contributed by atoms with Crippen LogP contribution in [0.1, 0.15) is 41.7 Å². The van der Waals surface area contributed by atoms with Crippen molar-refractivity contribution in [1.82, 2.24) is 25.1 Å². The zero-order valence-electron chi connectivity index (χ0n) is 14.9. The van der Waals surface area contributed by atoms with Crippen molar-refractivity contribution in [2.45, 2.75) is 44.8 Å². The first-order valence-electron chi connectivity index (χ1n) is 8.97. The van der Waals surface area contributed by atoms with E-state index < -0.39 is 0 Å². The maximum atomic E-state index is 13.5. The lowest BCUT2D eigenvalue weighted by atomic mass is 9.93. The number of amides is 1. The highest BCUT2D eigenvalue weighted by atomic mass is 19.1. The van der Waals surface area contributed by atoms with Gasteiger partial charge in [-0.15, -0.1) is 0 Å². The van der Waals surface area contributed by atoms with Crippen molar-refractivity contribution in [1.29, 1.82) is 0 Å². The number of nitrogens with zero attached hydrogens (tertiary/aromatic N) is 4. The van der Waals surface area contributed by atoms with Gasteiger partial charge in [0.2, 0.25) is 0 Å². The van der Waals surface area contributed by atoms with Crippen molar-refractivity contribution in [3.63, 3.8) is 0 Å². The molecule has 140 valence electrons. The number of fused-ring (bicyclic) bond motifs is 1. The van der Waals surface area contributed by atoms with Gasteiger partial charge in [0.05, 0.1) is 22.9 Å². The molecule has 2 aromatic heterocycles. The van der Waals surface area contributed by atoms with E-state index in [4.69, 9.17) is 0 Å². The van der Waals surface area contributed by atoms with E-state index in [9.17, 15) is 14.3 Å². The van der Waals surface area contributed by atoms with Crippen molar-refractivity contribution in [2.75, 3.05) is 0 Å². The Morgan fingerprint density at radius 1 is 1.22 bits per heavy atom. The molecule has 0 atom stereocenters. The standard InChI is InChI=1S/C19H20FN5O2/c1-11-16-8-13(20)2-7-17(16)25(24-11)19-21-9-12(10-22-19)18(27)23-14-3-5-15(26)6-4-14/h2,7-10,14-15,26H,3-6H2,1H3,(H,23,27). The van der Waals surface area contributed by atoms with Crippen LogP contribution in [-0.4, -0.2) is 42.9 Å². The van der Waals surface area contributed by atoms with Gasteiger partial charge in [-0.05, 0) is 50.8 Å². The molecule has 2 N–H and O–H groups in total. The Morgan fingerprint density at radius 2 is 1.93 bits per heavy atom. The van der Waals surface area contributed by atoms with Crippen molar-refractivity contribution >= 4 is 16.8 Å². The highest BCUT2D eigenvalue weighted by Crippen LogP contribution is 2.21. The summed E-state index contributed by atoms with van der Waals surface area (Å²) in [7, 11) is 0. The van der Waals surface area contributed by atoms with Gasteiger partial charge in [-0.2, -0.15) is 9.78 Å². The topological polar surface area (TPSA) is 92.9 Å². The van der Waals surface area contributed by atoms with E-state index in [1.54, 1.807) is 13.0 Å². The summed E-state index contributed by atoms with van der Waals surface area (Å²) in [5.74, 6) is -0.239. The van der Waals surface area contributed by atoms with E-state index in [2.05, 4.69) is 20.4 Å². The summed E-state index contributed by atoms with van der Waals surface area (Å²) >= 11 is 0. The minimum Gasteiger partial charge on any atom is -0.393 e. The van der Waals surface area contributed by atoms with Crippen LogP contribution < -0.4 is 5.32 Å². The number of rotatable bonds is 3. The summed E-state index contributed by atoms with van der Waals surface area (Å²) in [5.41, 5.74) is 1.74. The molecule has 27 heavy (non-hydrogen) atoms. The van der Waals surface area contributed by atoms with Crippen LogP contribution in [0, 0.1) is 12.7 Å². The maximum absolute atomic E-state index is 13.5. The first-order valence-corrected chi connectivity index (χ1v) is 8.97. The molecule has 1 aromatic carbocycles. The average Bonchev–Trinajstić information content (AvgIpc) is 3.00. The zero-order valence-corrected chi connectivity index (χ0v) is 14.9. The number of aryl methyl sites for hydroxylation is 1. The minimum absolute atomic E-state index is 0.0631. The molecule has 3 aromatic rings. The monoisotopic (exact) mass is 369 g/mol. The van der Waals surface area contributed by atoms with Gasteiger partial charge < -0.3 is 10.4 Å². The second-order valence-electron chi connectivity index (χ2n) is 6.91. The Hall–Kier alpha value is -2.87. The van der Waals surface area contributed by atoms with E-state index in [0.717, 1.165) is 12.8 Å². The van der Waals surface area contributed by atoms with E-state index in [-0.39, 0.29) is 23.9 Å². The van der Waals surface area contributed by atoms with E-state index in [0.29, 0.717) is 41.0 Å². The molecule has 1 amide bonds. The lowest BCUT2D eigenvalue weighted by molar-refractivity contribution is 0.0867. The summed E-state index contributed by atoms with van der Waals surface area (Å²) in [6.07, 6.45) is 5.59. The summed E-state index contributed by atoms with van der Waals surface area (Å²) in [4.78, 5) is 20.9. The number of aliphatic hydroxyl groups excluding tert-OH is 1. The summed E-state index contributed by atoms with van der Waals surface area (Å²) in [6.45, 7) is 1.79. The second-order valence-corrected chi connectivity index (χ2v) is 6.91. The highest BCUT2D eigenvalue weighted by molar-refractivity contribution is 5.93. The molecule has 8 heteroatoms. The van der Waals surface area contributed by atoms with Crippen molar-refractivity contribution in [3.8, 4) is 5.95 Å². The van der Waals surface area contributed by atoms with Crippen molar-refractivity contribution < 1.29 is 14.3 Å². The summed E-state index contributed by atoms with van der Waals surface area (Å²) < 4.78 is 15.0. The number of aromatic nitrogens is 4. The van der Waals surface area contributed by atoms with E-state index in [1.807, 2.05) is 0 Å². The third-order valence-electron chi connectivity index (χ3n) is 4.95. The minimum atomic E-state index is -0.326. The molecule has 0 spiro atoms. The number of hydrogen-bond donors (Lipinski definition) is 2. The number of carbonyl (C=O) groups excluding carboxylic acids is 1. The Balaban J connectivity index is 1.53. The number of carbonyl (C=O) groups is 1. The average molecular weight is 369 g/mol. The van der Waals surface area contributed by atoms with Gasteiger partial charge in [0.25, 0.3) is 11.9 Å². The Kier molecular flexibility index (Phi) is 4.57. The molecule has 2 heterocycles. The fraction of sp³-hybridized carbons (Fsp3) is 0.368. The molecule has 0 bridgehead atoms. The summed E-state index contributed by atoms with van der Waals surface area (Å²) in [6, 6.07) is 4.49. The molecule has 0 unspecified atom stereocenters. The Bertz CT molecular complexity index is 978. The molecular formula is C19H20FN5O2. The fourth-order valence-corrected chi connectivity index (χ4v) is 3.43. The van der Waals surface area contributed by atoms with E-state index >= 15 is 0 Å². The number of hydrogen-bond acceptors (Lipinski definition) is 5. The van der Waals surface area contributed by atoms with Crippen LogP contribution in [0.3, 0.4) is 0 Å². The molecule has 0 aliphatic heterocycles. The van der Waals surface area contributed by atoms with Crippen LogP contribution in [0.5, 0.6) is 0 Å². The predicted octanol–water partition coefficient (Wildman–Crippen LogP) is 2.30. The normalized spacial score (nSPS) is 20.0. The van der Waals surface area contributed by atoms with Gasteiger partial charge in [0.15, 0.2) is 0 Å². The molecule has 0 radical (unpaired) electrons. The molecular weight excluding hydrogens is 349 g/mol. The maximum Gasteiger partial charge on any atom is 0.254 e. The van der Waals surface area contributed by atoms with E-state index in [1.165, 1.54) is 29.2 Å². The van der Waals surface area contributed by atoms with Crippen LogP contribution in [-0.2, 0) is 0 Å². The SMILES string of the molecule is Cc1nn(-c2ncc(C(=O)NC3CCC(O)CC3)cn2)c2ccc(F)cc12. The van der Waals surface area contributed by atoms with Crippen LogP contribution in [0.4, 0.5) is 4.39 Å². The molecule has 4 rings (SSSR count). The van der Waals surface area contributed by atoms with Crippen molar-refractivity contribution in [3.05, 3.63) is 47.7 Å². The Morgan fingerprint density at radius 3 is 2.63 bits per heavy atom. The van der Waals surface area contributed by atoms with Gasteiger partial charge in [-0.25, -0.2) is 14.4 Å². The molecule has 7 nitrogen and oxygen atoms in total. The predicted molar refractivity (Wildman–Crippen MR) is 97.1 cm³/mol. The van der Waals surface area contributed by atoms with Gasteiger partial charge >= 0.3 is 0 Å². The first kappa shape index (κ1) is 17.5. The number of nitrogens with one attached hydrogen (secondary N) is 1. The van der Waals surface area contributed by atoms with Gasteiger partial charge in [0, 0.05) is 23.8 Å². The van der Waals surface area contributed by atoms with Gasteiger partial charge in [-0.3, -0.25) is 4.79 Å². The first-order chi connectivity index (χ1) is 13.0. The summed E-state index contributed by atoms with van der Waals surface area (Å²) in [5, 5.41) is 17.6. The smallest absolute Gasteiger partial charge is 0.254 e. The number of halogens is 1. The van der Waals surface area contributed by atoms with Crippen LogP contribution in [0.2, 0.25) is 0 Å². The molecule has 1 fully saturated rings. The molecule has 1 aliphatic carbocycles. The zero-order chi connectivity index (χ0) is 19.0. The van der Waals surface area contributed by atoms with Crippen LogP contribution in [0.15, 0.2) is 30.6 Å². The largest absolute Gasteiger partial charge is 0.393 e. The quantitative estimate of drug-likeness (QED) is 0.739. The van der Waals surface area contributed by atoms with Crippen LogP contribution >= 0.6 is 0 Å². The fourth-order valence-electron chi connectivity index (χ4n) is 3.43. The molecule has 0 saturated heterocycles. The Labute approximate surface area is 155 Å². The highest BCUT2D eigenvalue weighted by Gasteiger charge is 2.21. The van der Waals surface area contributed by atoms with Crippen LogP contribution in [0.25, 0.3) is 16.9 Å². The number of aliphatic hydroxyl groups is 1. The third-order valence-corrected chi connectivity index (χ3v) is 4.95. The third kappa shape index (κ3) is 3.52. The lowest BCUT2D eigenvalue weighted by Gasteiger charge is -2.26.